The molecule has 0 spiro atoms. The number of anilines is 1. The van der Waals surface area contributed by atoms with E-state index in [0.29, 0.717) is 5.92 Å². The molecule has 0 bridgehead atoms. The number of rotatable bonds is 2. The monoisotopic (exact) mass is 253 g/mol. The van der Waals surface area contributed by atoms with Crippen molar-refractivity contribution in [2.75, 3.05) is 5.73 Å². The first-order valence-electron chi connectivity index (χ1n) is 6.23. The summed E-state index contributed by atoms with van der Waals surface area (Å²) < 4.78 is 1.88. The summed E-state index contributed by atoms with van der Waals surface area (Å²) in [5, 5.41) is 4.63. The van der Waals surface area contributed by atoms with Crippen LogP contribution < -0.4 is 5.73 Å². The highest BCUT2D eigenvalue weighted by Crippen LogP contribution is 2.31. The van der Waals surface area contributed by atoms with E-state index in [1.165, 1.54) is 0 Å². The smallest absolute Gasteiger partial charge is 0.220 e. The molecule has 0 saturated carbocycles. The highest BCUT2D eigenvalue weighted by atomic mass is 15.2. The lowest BCUT2D eigenvalue weighted by molar-refractivity contribution is 0.789. The molecule has 3 aromatic heterocycles. The predicted octanol–water partition coefficient (Wildman–Crippen LogP) is 2.50. The molecule has 0 aliphatic heterocycles. The minimum atomic E-state index is 0.280. The summed E-state index contributed by atoms with van der Waals surface area (Å²) in [6, 6.07) is 7.86. The van der Waals surface area contributed by atoms with Gasteiger partial charge in [-0.1, -0.05) is 19.9 Å². The van der Waals surface area contributed by atoms with Gasteiger partial charge in [-0.05, 0) is 24.1 Å². The standard InChI is InChI=1S/C14H15N5/c1-9(2)13-12(10-6-7-16-14(15)17-10)11-5-3-4-8-19(11)18-13/h3-9H,1-2H3,(H2,15,16,17). The quantitative estimate of drug-likeness (QED) is 0.761. The van der Waals surface area contributed by atoms with Crippen molar-refractivity contribution < 1.29 is 0 Å². The van der Waals surface area contributed by atoms with Gasteiger partial charge in [0.15, 0.2) is 0 Å². The van der Waals surface area contributed by atoms with Gasteiger partial charge in [0.1, 0.15) is 0 Å². The van der Waals surface area contributed by atoms with Gasteiger partial charge in [0.25, 0.3) is 0 Å². The summed E-state index contributed by atoms with van der Waals surface area (Å²) in [5.41, 5.74) is 9.58. The van der Waals surface area contributed by atoms with Crippen LogP contribution in [0.4, 0.5) is 5.95 Å². The summed E-state index contributed by atoms with van der Waals surface area (Å²) in [5.74, 6) is 0.591. The molecule has 0 aliphatic carbocycles. The molecule has 3 heterocycles. The van der Waals surface area contributed by atoms with Gasteiger partial charge in [0, 0.05) is 18.0 Å². The molecule has 0 unspecified atom stereocenters. The minimum absolute atomic E-state index is 0.280. The van der Waals surface area contributed by atoms with Crippen molar-refractivity contribution in [2.24, 2.45) is 0 Å². The second-order valence-corrected chi connectivity index (χ2v) is 4.75. The Hall–Kier alpha value is -2.43. The van der Waals surface area contributed by atoms with Crippen molar-refractivity contribution in [1.29, 1.82) is 0 Å². The van der Waals surface area contributed by atoms with Gasteiger partial charge < -0.3 is 5.73 Å². The fourth-order valence-corrected chi connectivity index (χ4v) is 2.20. The van der Waals surface area contributed by atoms with Crippen molar-refractivity contribution in [2.45, 2.75) is 19.8 Å². The molecule has 0 atom stereocenters. The molecule has 0 fully saturated rings. The number of nitrogen functional groups attached to an aromatic ring is 1. The zero-order valence-electron chi connectivity index (χ0n) is 10.9. The first kappa shape index (κ1) is 11.6. The number of hydrogen-bond donors (Lipinski definition) is 1. The summed E-state index contributed by atoms with van der Waals surface area (Å²) >= 11 is 0. The van der Waals surface area contributed by atoms with E-state index >= 15 is 0 Å². The Balaban J connectivity index is 2.34. The van der Waals surface area contributed by atoms with Crippen LogP contribution in [0.25, 0.3) is 16.8 Å². The number of pyridine rings is 1. The van der Waals surface area contributed by atoms with Crippen LogP contribution in [-0.4, -0.2) is 19.6 Å². The Bertz CT molecular complexity index is 730. The SMILES string of the molecule is CC(C)c1nn2ccccc2c1-c1ccnc(N)n1. The molecule has 5 heteroatoms. The van der Waals surface area contributed by atoms with Crippen LogP contribution >= 0.6 is 0 Å². The average molecular weight is 253 g/mol. The van der Waals surface area contributed by atoms with Crippen LogP contribution in [0, 0.1) is 0 Å². The normalized spacial score (nSPS) is 11.3. The third-order valence-electron chi connectivity index (χ3n) is 3.04. The zero-order chi connectivity index (χ0) is 13.4. The van der Waals surface area contributed by atoms with Crippen LogP contribution in [0.5, 0.6) is 0 Å². The third kappa shape index (κ3) is 1.93. The van der Waals surface area contributed by atoms with Crippen molar-refractivity contribution in [3.8, 4) is 11.3 Å². The lowest BCUT2D eigenvalue weighted by Gasteiger charge is -2.05. The zero-order valence-corrected chi connectivity index (χ0v) is 10.9. The molecule has 19 heavy (non-hydrogen) atoms. The van der Waals surface area contributed by atoms with E-state index < -0.39 is 0 Å². The van der Waals surface area contributed by atoms with Crippen LogP contribution in [0.15, 0.2) is 36.7 Å². The largest absolute Gasteiger partial charge is 0.368 e. The molecule has 96 valence electrons. The van der Waals surface area contributed by atoms with E-state index in [4.69, 9.17) is 5.73 Å². The lowest BCUT2D eigenvalue weighted by atomic mass is 10.0. The van der Waals surface area contributed by atoms with E-state index in [1.54, 1.807) is 6.20 Å². The molecular weight excluding hydrogens is 238 g/mol. The second kappa shape index (κ2) is 4.35. The molecule has 3 rings (SSSR count). The maximum Gasteiger partial charge on any atom is 0.220 e. The van der Waals surface area contributed by atoms with E-state index in [2.05, 4.69) is 28.9 Å². The molecule has 0 aliphatic rings. The number of fused-ring (bicyclic) bond motifs is 1. The van der Waals surface area contributed by atoms with Crippen LogP contribution in [-0.2, 0) is 0 Å². The summed E-state index contributed by atoms with van der Waals surface area (Å²) in [6.45, 7) is 4.24. The average Bonchev–Trinajstić information content (AvgIpc) is 2.78. The number of nitrogens with zero attached hydrogens (tertiary/aromatic N) is 4. The number of nitrogens with two attached hydrogens (primary N) is 1. The summed E-state index contributed by atoms with van der Waals surface area (Å²) in [7, 11) is 0. The van der Waals surface area contributed by atoms with Gasteiger partial charge in [-0.3, -0.25) is 0 Å². The Labute approximate surface area is 111 Å². The second-order valence-electron chi connectivity index (χ2n) is 4.75. The van der Waals surface area contributed by atoms with E-state index in [-0.39, 0.29) is 5.95 Å². The molecular formula is C14H15N5. The van der Waals surface area contributed by atoms with Gasteiger partial charge in [-0.15, -0.1) is 0 Å². The van der Waals surface area contributed by atoms with Crippen molar-refractivity contribution >= 4 is 11.5 Å². The number of hydrogen-bond acceptors (Lipinski definition) is 4. The van der Waals surface area contributed by atoms with Gasteiger partial charge in [0.05, 0.1) is 16.9 Å². The highest BCUT2D eigenvalue weighted by molar-refractivity contribution is 5.81. The third-order valence-corrected chi connectivity index (χ3v) is 3.04. The van der Waals surface area contributed by atoms with Crippen molar-refractivity contribution in [3.63, 3.8) is 0 Å². The predicted molar refractivity (Wildman–Crippen MR) is 74.7 cm³/mol. The van der Waals surface area contributed by atoms with E-state index in [0.717, 1.165) is 22.5 Å². The summed E-state index contributed by atoms with van der Waals surface area (Å²) in [6.07, 6.45) is 3.61. The highest BCUT2D eigenvalue weighted by Gasteiger charge is 2.18. The Morgan fingerprint density at radius 3 is 2.79 bits per heavy atom. The van der Waals surface area contributed by atoms with E-state index in [9.17, 15) is 0 Å². The molecule has 0 aromatic carbocycles. The molecule has 2 N–H and O–H groups in total. The Morgan fingerprint density at radius 2 is 2.05 bits per heavy atom. The topological polar surface area (TPSA) is 69.1 Å². The molecule has 5 nitrogen and oxygen atoms in total. The van der Waals surface area contributed by atoms with Gasteiger partial charge >= 0.3 is 0 Å². The fourth-order valence-electron chi connectivity index (χ4n) is 2.20. The molecule has 0 saturated heterocycles. The Kier molecular flexibility index (Phi) is 2.67. The molecule has 3 aromatic rings. The molecule has 0 amide bonds. The van der Waals surface area contributed by atoms with Gasteiger partial charge in [-0.25, -0.2) is 14.5 Å². The maximum absolute atomic E-state index is 5.69. The first-order chi connectivity index (χ1) is 9.16. The Morgan fingerprint density at radius 1 is 1.21 bits per heavy atom. The van der Waals surface area contributed by atoms with Crippen molar-refractivity contribution in [1.82, 2.24) is 19.6 Å². The van der Waals surface area contributed by atoms with Crippen LogP contribution in [0.2, 0.25) is 0 Å². The molecule has 0 radical (unpaired) electrons. The lowest BCUT2D eigenvalue weighted by Crippen LogP contribution is -1.97. The van der Waals surface area contributed by atoms with Crippen molar-refractivity contribution in [3.05, 3.63) is 42.4 Å². The maximum atomic E-state index is 5.69. The van der Waals surface area contributed by atoms with Crippen LogP contribution in [0.1, 0.15) is 25.5 Å². The number of aromatic nitrogens is 4. The van der Waals surface area contributed by atoms with Gasteiger partial charge in [-0.2, -0.15) is 5.10 Å². The summed E-state index contributed by atoms with van der Waals surface area (Å²) in [4.78, 5) is 8.27. The van der Waals surface area contributed by atoms with Gasteiger partial charge in [0.2, 0.25) is 5.95 Å². The first-order valence-corrected chi connectivity index (χ1v) is 6.23. The van der Waals surface area contributed by atoms with Crippen LogP contribution in [0.3, 0.4) is 0 Å². The van der Waals surface area contributed by atoms with E-state index in [1.807, 2.05) is 35.0 Å². The fraction of sp³-hybridized carbons (Fsp3) is 0.214. The minimum Gasteiger partial charge on any atom is -0.368 e.